The molecule has 3 nitrogen and oxygen atoms in total. The fourth-order valence-corrected chi connectivity index (χ4v) is 3.17. The number of carbonyl (C=O) groups excluding carboxylic acids is 1. The van der Waals surface area contributed by atoms with Crippen LogP contribution in [0.15, 0.2) is 54.1 Å². The van der Waals surface area contributed by atoms with Crippen molar-refractivity contribution in [2.45, 2.75) is 31.6 Å². The van der Waals surface area contributed by atoms with E-state index in [-0.39, 0.29) is 18.6 Å². The second kappa shape index (κ2) is 6.76. The number of rotatable bonds is 4. The minimum absolute atomic E-state index is 0.119. The highest BCUT2D eigenvalue weighted by Crippen LogP contribution is 2.33. The molecule has 0 saturated heterocycles. The van der Waals surface area contributed by atoms with E-state index in [1.54, 1.807) is 4.90 Å². The zero-order chi connectivity index (χ0) is 19.0. The molecule has 1 aliphatic heterocycles. The summed E-state index contributed by atoms with van der Waals surface area (Å²) in [5.74, 6) is 0.627. The van der Waals surface area contributed by atoms with Gasteiger partial charge in [0.15, 0.2) is 0 Å². The van der Waals surface area contributed by atoms with E-state index in [0.717, 1.165) is 36.3 Å². The Morgan fingerprint density at radius 1 is 1.07 bits per heavy atom. The number of ether oxygens (including phenoxy) is 1. The van der Waals surface area contributed by atoms with Crippen LogP contribution in [-0.4, -0.2) is 23.5 Å². The van der Waals surface area contributed by atoms with Gasteiger partial charge < -0.3 is 9.64 Å². The van der Waals surface area contributed by atoms with Crippen LogP contribution >= 0.6 is 0 Å². The van der Waals surface area contributed by atoms with Crippen molar-refractivity contribution in [2.75, 3.05) is 6.61 Å². The van der Waals surface area contributed by atoms with Crippen molar-refractivity contribution in [1.29, 1.82) is 0 Å². The first-order chi connectivity index (χ1) is 12.9. The SMILES string of the molecule is O=C(C1=Cc2ccccc2OC1)N(Cc1ccc(C(F)(F)F)cc1)C1CC1. The minimum atomic E-state index is -4.36. The van der Waals surface area contributed by atoms with Gasteiger partial charge in [-0.1, -0.05) is 30.3 Å². The van der Waals surface area contributed by atoms with Crippen molar-refractivity contribution in [2.24, 2.45) is 0 Å². The standard InChI is InChI=1S/C21H18F3NO2/c22-21(23,24)17-7-5-14(6-8-17)12-25(18-9-10-18)20(26)16-11-15-3-1-2-4-19(15)27-13-16/h1-8,11,18H,9-10,12-13H2. The van der Waals surface area contributed by atoms with E-state index in [9.17, 15) is 18.0 Å². The van der Waals surface area contributed by atoms with Gasteiger partial charge in [0.25, 0.3) is 5.91 Å². The number of benzene rings is 2. The molecule has 2 aromatic rings. The molecule has 1 heterocycles. The lowest BCUT2D eigenvalue weighted by atomic mass is 10.1. The fourth-order valence-electron chi connectivity index (χ4n) is 3.17. The predicted molar refractivity (Wildman–Crippen MR) is 94.9 cm³/mol. The molecule has 0 aromatic heterocycles. The zero-order valence-electron chi connectivity index (χ0n) is 14.5. The van der Waals surface area contributed by atoms with Crippen LogP contribution in [0, 0.1) is 0 Å². The normalized spacial score (nSPS) is 16.2. The molecule has 6 heteroatoms. The summed E-state index contributed by atoms with van der Waals surface area (Å²) >= 11 is 0. The average molecular weight is 373 g/mol. The van der Waals surface area contributed by atoms with Gasteiger partial charge >= 0.3 is 6.18 Å². The van der Waals surface area contributed by atoms with Crippen LogP contribution in [0.4, 0.5) is 13.2 Å². The van der Waals surface area contributed by atoms with Crippen molar-refractivity contribution in [1.82, 2.24) is 4.90 Å². The molecule has 1 fully saturated rings. The molecule has 2 aliphatic rings. The monoisotopic (exact) mass is 373 g/mol. The van der Waals surface area contributed by atoms with Gasteiger partial charge in [0.1, 0.15) is 12.4 Å². The molecule has 0 atom stereocenters. The molecular formula is C21H18F3NO2. The van der Waals surface area contributed by atoms with Crippen molar-refractivity contribution in [3.8, 4) is 5.75 Å². The van der Waals surface area contributed by atoms with Gasteiger partial charge in [0, 0.05) is 18.2 Å². The lowest BCUT2D eigenvalue weighted by Gasteiger charge is -2.26. The van der Waals surface area contributed by atoms with Crippen molar-refractivity contribution in [3.05, 3.63) is 70.8 Å². The van der Waals surface area contributed by atoms with E-state index < -0.39 is 11.7 Å². The average Bonchev–Trinajstić information content (AvgIpc) is 3.50. The number of hydrogen-bond donors (Lipinski definition) is 0. The van der Waals surface area contributed by atoms with Crippen LogP contribution in [0.1, 0.15) is 29.5 Å². The van der Waals surface area contributed by atoms with Crippen LogP contribution in [0.3, 0.4) is 0 Å². The molecule has 4 rings (SSSR count). The van der Waals surface area contributed by atoms with E-state index in [1.165, 1.54) is 12.1 Å². The van der Waals surface area contributed by atoms with Crippen LogP contribution < -0.4 is 4.74 Å². The summed E-state index contributed by atoms with van der Waals surface area (Å²) in [6, 6.07) is 12.6. The number of halogens is 3. The number of fused-ring (bicyclic) bond motifs is 1. The lowest BCUT2D eigenvalue weighted by Crippen LogP contribution is -2.35. The Hall–Kier alpha value is -2.76. The molecule has 140 valence electrons. The summed E-state index contributed by atoms with van der Waals surface area (Å²) in [5.41, 5.74) is 1.42. The van der Waals surface area contributed by atoms with E-state index in [0.29, 0.717) is 17.7 Å². The van der Waals surface area contributed by atoms with Gasteiger partial charge in [0.05, 0.1) is 11.1 Å². The van der Waals surface area contributed by atoms with Gasteiger partial charge in [-0.3, -0.25) is 4.79 Å². The Kier molecular flexibility index (Phi) is 4.42. The first kappa shape index (κ1) is 17.6. The summed E-state index contributed by atoms with van der Waals surface area (Å²) < 4.78 is 43.9. The third kappa shape index (κ3) is 3.84. The van der Waals surface area contributed by atoms with Crippen LogP contribution in [0.5, 0.6) is 5.75 Å². The first-order valence-corrected chi connectivity index (χ1v) is 8.81. The maximum atomic E-state index is 13.0. The molecular weight excluding hydrogens is 355 g/mol. The number of para-hydroxylation sites is 1. The van der Waals surface area contributed by atoms with Crippen LogP contribution in [0.25, 0.3) is 6.08 Å². The number of amides is 1. The number of nitrogens with zero attached hydrogens (tertiary/aromatic N) is 1. The summed E-state index contributed by atoms with van der Waals surface area (Å²) in [5, 5.41) is 0. The van der Waals surface area contributed by atoms with Crippen molar-refractivity contribution >= 4 is 12.0 Å². The highest BCUT2D eigenvalue weighted by molar-refractivity contribution is 5.99. The Morgan fingerprint density at radius 2 is 1.78 bits per heavy atom. The maximum absolute atomic E-state index is 13.0. The first-order valence-electron chi connectivity index (χ1n) is 8.81. The Balaban J connectivity index is 1.53. The molecule has 0 radical (unpaired) electrons. The van der Waals surface area contributed by atoms with E-state index in [2.05, 4.69) is 0 Å². The van der Waals surface area contributed by atoms with Gasteiger partial charge in [-0.25, -0.2) is 0 Å². The number of carbonyl (C=O) groups is 1. The predicted octanol–water partition coefficient (Wildman–Crippen LogP) is 4.67. The fraction of sp³-hybridized carbons (Fsp3) is 0.286. The quantitative estimate of drug-likeness (QED) is 0.779. The third-order valence-electron chi connectivity index (χ3n) is 4.79. The second-order valence-corrected chi connectivity index (χ2v) is 6.85. The van der Waals surface area contributed by atoms with E-state index >= 15 is 0 Å². The largest absolute Gasteiger partial charge is 0.488 e. The highest BCUT2D eigenvalue weighted by atomic mass is 19.4. The summed E-state index contributed by atoms with van der Waals surface area (Å²) in [6.07, 6.45) is -0.695. The van der Waals surface area contributed by atoms with Gasteiger partial charge in [0.2, 0.25) is 0 Å². The second-order valence-electron chi connectivity index (χ2n) is 6.85. The molecule has 0 unspecified atom stereocenters. The van der Waals surface area contributed by atoms with E-state index in [1.807, 2.05) is 30.3 Å². The third-order valence-corrected chi connectivity index (χ3v) is 4.79. The van der Waals surface area contributed by atoms with Crippen LogP contribution in [-0.2, 0) is 17.5 Å². The Bertz CT molecular complexity index is 883. The smallest absolute Gasteiger partial charge is 0.416 e. The van der Waals surface area contributed by atoms with Crippen molar-refractivity contribution in [3.63, 3.8) is 0 Å². The lowest BCUT2D eigenvalue weighted by molar-refractivity contribution is -0.137. The molecule has 1 aliphatic carbocycles. The zero-order valence-corrected chi connectivity index (χ0v) is 14.5. The van der Waals surface area contributed by atoms with Gasteiger partial charge in [-0.15, -0.1) is 0 Å². The molecule has 0 spiro atoms. The number of hydrogen-bond acceptors (Lipinski definition) is 2. The molecule has 27 heavy (non-hydrogen) atoms. The van der Waals surface area contributed by atoms with Crippen molar-refractivity contribution < 1.29 is 22.7 Å². The van der Waals surface area contributed by atoms with Gasteiger partial charge in [-0.2, -0.15) is 13.2 Å². The highest BCUT2D eigenvalue weighted by Gasteiger charge is 2.35. The van der Waals surface area contributed by atoms with Crippen LogP contribution in [0.2, 0.25) is 0 Å². The molecule has 1 amide bonds. The minimum Gasteiger partial charge on any atom is -0.488 e. The number of alkyl halides is 3. The molecule has 1 saturated carbocycles. The summed E-state index contributed by atoms with van der Waals surface area (Å²) in [4.78, 5) is 14.8. The Labute approximate surface area is 155 Å². The van der Waals surface area contributed by atoms with Gasteiger partial charge in [-0.05, 0) is 42.7 Å². The topological polar surface area (TPSA) is 29.5 Å². The Morgan fingerprint density at radius 3 is 2.44 bits per heavy atom. The summed E-state index contributed by atoms with van der Waals surface area (Å²) in [6.45, 7) is 0.493. The van der Waals surface area contributed by atoms with E-state index in [4.69, 9.17) is 4.74 Å². The summed E-state index contributed by atoms with van der Waals surface area (Å²) in [7, 11) is 0. The molecule has 2 aromatic carbocycles. The molecule has 0 N–H and O–H groups in total. The molecule has 0 bridgehead atoms. The maximum Gasteiger partial charge on any atom is 0.416 e.